The molecule has 1 aliphatic rings. The van der Waals surface area contributed by atoms with Crippen LogP contribution in [0.25, 0.3) is 10.9 Å². The minimum Gasteiger partial charge on any atom is -0.384 e. The summed E-state index contributed by atoms with van der Waals surface area (Å²) in [5, 5.41) is 9.39. The van der Waals surface area contributed by atoms with Crippen LogP contribution in [0.15, 0.2) is 18.2 Å². The number of fused-ring (bicyclic) bond motifs is 2. The molecule has 2 aromatic rings. The van der Waals surface area contributed by atoms with Crippen molar-refractivity contribution in [3.63, 3.8) is 0 Å². The lowest BCUT2D eigenvalue weighted by molar-refractivity contribution is 0.670. The molecule has 0 saturated carbocycles. The number of nitrogens with two attached hydrogens (primary N) is 1. The average Bonchev–Trinajstić information content (AvgIpc) is 2.35. The van der Waals surface area contributed by atoms with Gasteiger partial charge in [-0.05, 0) is 49.4 Å². The van der Waals surface area contributed by atoms with Gasteiger partial charge in [-0.1, -0.05) is 11.6 Å². The standard InChI is InChI=1S/C14H14ClN3/c15-8-5-6-12-10(7-8)13(14(16)17)9-3-1-2-4-11(9)18-12/h5-7H,1-4H2,(H3,16,17). The number of amidine groups is 1. The Labute approximate surface area is 110 Å². The second-order valence-electron chi connectivity index (χ2n) is 4.69. The molecule has 1 aromatic carbocycles. The third-order valence-electron chi connectivity index (χ3n) is 3.49. The van der Waals surface area contributed by atoms with E-state index in [2.05, 4.69) is 4.98 Å². The highest BCUT2D eigenvalue weighted by molar-refractivity contribution is 6.31. The Morgan fingerprint density at radius 3 is 2.83 bits per heavy atom. The second-order valence-corrected chi connectivity index (χ2v) is 5.13. The summed E-state index contributed by atoms with van der Waals surface area (Å²) >= 11 is 6.04. The van der Waals surface area contributed by atoms with Gasteiger partial charge >= 0.3 is 0 Å². The molecule has 4 heteroatoms. The SMILES string of the molecule is N=C(N)c1c2c(nc3ccc(Cl)cc13)CCCC2. The molecular formula is C14H14ClN3. The molecule has 18 heavy (non-hydrogen) atoms. The van der Waals surface area contributed by atoms with Crippen molar-refractivity contribution in [3.8, 4) is 0 Å². The molecule has 3 nitrogen and oxygen atoms in total. The van der Waals surface area contributed by atoms with Crippen molar-refractivity contribution < 1.29 is 0 Å². The van der Waals surface area contributed by atoms with Crippen molar-refractivity contribution >= 4 is 28.3 Å². The fourth-order valence-electron chi connectivity index (χ4n) is 2.70. The number of aromatic nitrogens is 1. The number of hydrogen-bond donors (Lipinski definition) is 2. The molecule has 3 N–H and O–H groups in total. The van der Waals surface area contributed by atoms with E-state index >= 15 is 0 Å². The number of hydrogen-bond acceptors (Lipinski definition) is 2. The number of halogens is 1. The quantitative estimate of drug-likeness (QED) is 0.611. The van der Waals surface area contributed by atoms with Crippen LogP contribution in [-0.2, 0) is 12.8 Å². The molecule has 92 valence electrons. The normalized spacial score (nSPS) is 14.5. The van der Waals surface area contributed by atoms with E-state index < -0.39 is 0 Å². The largest absolute Gasteiger partial charge is 0.384 e. The highest BCUT2D eigenvalue weighted by Crippen LogP contribution is 2.30. The summed E-state index contributed by atoms with van der Waals surface area (Å²) < 4.78 is 0. The number of benzene rings is 1. The van der Waals surface area contributed by atoms with Gasteiger partial charge in [0.05, 0.1) is 5.52 Å². The third kappa shape index (κ3) is 1.75. The van der Waals surface area contributed by atoms with Gasteiger partial charge in [-0.2, -0.15) is 0 Å². The zero-order chi connectivity index (χ0) is 12.7. The molecule has 0 saturated heterocycles. The lowest BCUT2D eigenvalue weighted by atomic mass is 9.89. The summed E-state index contributed by atoms with van der Waals surface area (Å²) in [6, 6.07) is 5.59. The molecule has 0 fully saturated rings. The van der Waals surface area contributed by atoms with Crippen LogP contribution in [0.3, 0.4) is 0 Å². The van der Waals surface area contributed by atoms with E-state index in [1.165, 1.54) is 0 Å². The van der Waals surface area contributed by atoms with E-state index in [1.54, 1.807) is 0 Å². The monoisotopic (exact) mass is 259 g/mol. The Hall–Kier alpha value is -1.61. The van der Waals surface area contributed by atoms with Crippen molar-refractivity contribution in [2.24, 2.45) is 5.73 Å². The topological polar surface area (TPSA) is 62.8 Å². The van der Waals surface area contributed by atoms with Gasteiger partial charge in [-0.3, -0.25) is 10.4 Å². The molecule has 0 aliphatic heterocycles. The Bertz CT molecular complexity index is 649. The maximum atomic E-state index is 7.83. The summed E-state index contributed by atoms with van der Waals surface area (Å²) in [6.45, 7) is 0. The molecule has 0 spiro atoms. The zero-order valence-corrected chi connectivity index (χ0v) is 10.7. The van der Waals surface area contributed by atoms with Crippen molar-refractivity contribution in [1.82, 2.24) is 4.98 Å². The van der Waals surface area contributed by atoms with E-state index in [0.29, 0.717) is 5.02 Å². The number of nitrogens with one attached hydrogen (secondary N) is 1. The van der Waals surface area contributed by atoms with Crippen molar-refractivity contribution in [2.75, 3.05) is 0 Å². The number of nitrogens with zero attached hydrogens (tertiary/aromatic N) is 1. The Balaban J connectivity index is 2.41. The van der Waals surface area contributed by atoms with Gasteiger partial charge in [-0.25, -0.2) is 0 Å². The third-order valence-corrected chi connectivity index (χ3v) is 3.73. The van der Waals surface area contributed by atoms with Crippen molar-refractivity contribution in [2.45, 2.75) is 25.7 Å². The predicted molar refractivity (Wildman–Crippen MR) is 74.4 cm³/mol. The van der Waals surface area contributed by atoms with Gasteiger partial charge in [0.25, 0.3) is 0 Å². The van der Waals surface area contributed by atoms with Crippen LogP contribution in [0.4, 0.5) is 0 Å². The highest BCUT2D eigenvalue weighted by Gasteiger charge is 2.19. The lowest BCUT2D eigenvalue weighted by Gasteiger charge is -2.20. The van der Waals surface area contributed by atoms with Gasteiger partial charge < -0.3 is 5.73 Å². The first-order valence-electron chi connectivity index (χ1n) is 6.12. The Morgan fingerprint density at radius 1 is 1.28 bits per heavy atom. The van der Waals surface area contributed by atoms with E-state index in [0.717, 1.165) is 53.4 Å². The maximum Gasteiger partial charge on any atom is 0.123 e. The van der Waals surface area contributed by atoms with Gasteiger partial charge in [0.15, 0.2) is 0 Å². The first kappa shape index (κ1) is 11.5. The first-order valence-corrected chi connectivity index (χ1v) is 6.50. The molecule has 3 rings (SSSR count). The van der Waals surface area contributed by atoms with Crippen LogP contribution in [0.1, 0.15) is 29.7 Å². The molecule has 0 unspecified atom stereocenters. The fourth-order valence-corrected chi connectivity index (χ4v) is 2.88. The fraction of sp³-hybridized carbons (Fsp3) is 0.286. The number of aryl methyl sites for hydroxylation is 1. The van der Waals surface area contributed by atoms with Crippen LogP contribution in [0.5, 0.6) is 0 Å². The van der Waals surface area contributed by atoms with E-state index in [-0.39, 0.29) is 5.84 Å². The van der Waals surface area contributed by atoms with Crippen molar-refractivity contribution in [1.29, 1.82) is 5.41 Å². The maximum absolute atomic E-state index is 7.83. The van der Waals surface area contributed by atoms with Gasteiger partial charge in [0.1, 0.15) is 5.84 Å². The molecule has 0 atom stereocenters. The van der Waals surface area contributed by atoms with Gasteiger partial charge in [-0.15, -0.1) is 0 Å². The van der Waals surface area contributed by atoms with Gasteiger partial charge in [0.2, 0.25) is 0 Å². The van der Waals surface area contributed by atoms with Gasteiger partial charge in [0, 0.05) is 21.7 Å². The molecule has 1 aliphatic carbocycles. The first-order chi connectivity index (χ1) is 8.66. The highest BCUT2D eigenvalue weighted by atomic mass is 35.5. The summed E-state index contributed by atoms with van der Waals surface area (Å²) in [6.07, 6.45) is 4.24. The van der Waals surface area contributed by atoms with Crippen LogP contribution >= 0.6 is 11.6 Å². The summed E-state index contributed by atoms with van der Waals surface area (Å²) in [5.74, 6) is 0.114. The lowest BCUT2D eigenvalue weighted by Crippen LogP contribution is -2.19. The summed E-state index contributed by atoms with van der Waals surface area (Å²) in [7, 11) is 0. The number of rotatable bonds is 1. The molecule has 0 bridgehead atoms. The minimum atomic E-state index is 0.114. The smallest absolute Gasteiger partial charge is 0.123 e. The number of pyridine rings is 1. The molecule has 1 heterocycles. The van der Waals surface area contributed by atoms with E-state index in [9.17, 15) is 0 Å². The van der Waals surface area contributed by atoms with Crippen LogP contribution in [0.2, 0.25) is 5.02 Å². The average molecular weight is 260 g/mol. The van der Waals surface area contributed by atoms with Crippen molar-refractivity contribution in [3.05, 3.63) is 40.0 Å². The molecule has 0 radical (unpaired) electrons. The summed E-state index contributed by atoms with van der Waals surface area (Å²) in [4.78, 5) is 4.69. The van der Waals surface area contributed by atoms with E-state index in [4.69, 9.17) is 22.7 Å². The zero-order valence-electron chi connectivity index (χ0n) is 9.96. The molecule has 1 aromatic heterocycles. The molecular weight excluding hydrogens is 246 g/mol. The predicted octanol–water partition coefficient (Wildman–Crippen LogP) is 3.05. The Morgan fingerprint density at radius 2 is 2.06 bits per heavy atom. The Kier molecular flexibility index (Phi) is 2.71. The number of nitrogen functional groups attached to an aromatic ring is 1. The summed E-state index contributed by atoms with van der Waals surface area (Å²) in [5.41, 5.74) is 9.72. The minimum absolute atomic E-state index is 0.114. The molecule has 0 amide bonds. The van der Waals surface area contributed by atoms with Crippen LogP contribution in [0, 0.1) is 5.41 Å². The van der Waals surface area contributed by atoms with Crippen LogP contribution < -0.4 is 5.73 Å². The van der Waals surface area contributed by atoms with E-state index in [1.807, 2.05) is 18.2 Å². The second kappa shape index (κ2) is 4.25. The van der Waals surface area contributed by atoms with Crippen LogP contribution in [-0.4, -0.2) is 10.8 Å².